The van der Waals surface area contributed by atoms with Crippen LogP contribution < -0.4 is 5.32 Å². The van der Waals surface area contributed by atoms with Gasteiger partial charge >= 0.3 is 0 Å². The molecular formula is C13H19N3S3. The lowest BCUT2D eigenvalue weighted by molar-refractivity contribution is 0.744. The zero-order valence-electron chi connectivity index (χ0n) is 11.3. The van der Waals surface area contributed by atoms with Crippen molar-refractivity contribution >= 4 is 41.1 Å². The van der Waals surface area contributed by atoms with Gasteiger partial charge in [-0.1, -0.05) is 6.92 Å². The van der Waals surface area contributed by atoms with Crippen LogP contribution in [-0.4, -0.2) is 33.8 Å². The smallest absolute Gasteiger partial charge is 0.145 e. The second-order valence-corrected chi connectivity index (χ2v) is 8.29. The van der Waals surface area contributed by atoms with Gasteiger partial charge in [-0.2, -0.15) is 23.5 Å². The minimum absolute atomic E-state index is 0.465. The molecule has 0 aromatic carbocycles. The first kappa shape index (κ1) is 13.9. The van der Waals surface area contributed by atoms with E-state index in [-0.39, 0.29) is 0 Å². The van der Waals surface area contributed by atoms with Gasteiger partial charge in [0.2, 0.25) is 0 Å². The first-order valence-electron chi connectivity index (χ1n) is 6.72. The third kappa shape index (κ3) is 2.72. The first-order valence-corrected chi connectivity index (χ1v) is 9.97. The molecule has 3 rings (SSSR count). The first-order chi connectivity index (χ1) is 9.33. The van der Waals surface area contributed by atoms with Gasteiger partial charge in [-0.3, -0.25) is 0 Å². The minimum atomic E-state index is 0.465. The number of anilines is 1. The molecule has 2 aliphatic heterocycles. The average molecular weight is 314 g/mol. The molecule has 1 saturated heterocycles. The number of aromatic nitrogens is 2. The van der Waals surface area contributed by atoms with E-state index in [2.05, 4.69) is 24.0 Å². The predicted octanol–water partition coefficient (Wildman–Crippen LogP) is 3.56. The second kappa shape index (κ2) is 6.14. The highest BCUT2D eigenvalue weighted by atomic mass is 32.2. The lowest BCUT2D eigenvalue weighted by atomic mass is 10.2. The van der Waals surface area contributed by atoms with Crippen molar-refractivity contribution in [2.75, 3.05) is 23.9 Å². The molecule has 1 aromatic rings. The van der Waals surface area contributed by atoms with Crippen molar-refractivity contribution in [1.29, 1.82) is 0 Å². The molecule has 0 amide bonds. The van der Waals surface area contributed by atoms with E-state index in [0.29, 0.717) is 10.5 Å². The van der Waals surface area contributed by atoms with Crippen LogP contribution >= 0.6 is 35.3 Å². The van der Waals surface area contributed by atoms with E-state index in [1.54, 1.807) is 0 Å². The topological polar surface area (TPSA) is 37.8 Å². The summed E-state index contributed by atoms with van der Waals surface area (Å²) in [6.07, 6.45) is 1.20. The molecule has 1 aromatic heterocycles. The number of nitrogens with zero attached hydrogens (tertiary/aromatic N) is 2. The van der Waals surface area contributed by atoms with Crippen LogP contribution in [0.2, 0.25) is 0 Å². The van der Waals surface area contributed by atoms with Gasteiger partial charge < -0.3 is 5.32 Å². The summed E-state index contributed by atoms with van der Waals surface area (Å²) in [5, 5.41) is 4.39. The van der Waals surface area contributed by atoms with Crippen molar-refractivity contribution in [2.45, 2.75) is 35.4 Å². The fourth-order valence-electron chi connectivity index (χ4n) is 2.55. The van der Waals surface area contributed by atoms with Crippen LogP contribution in [0.1, 0.15) is 35.7 Å². The summed E-state index contributed by atoms with van der Waals surface area (Å²) < 4.78 is 0. The Bertz CT molecular complexity index is 467. The molecule has 0 aliphatic carbocycles. The molecule has 6 heteroatoms. The second-order valence-electron chi connectivity index (χ2n) is 4.71. The molecule has 0 saturated carbocycles. The van der Waals surface area contributed by atoms with Gasteiger partial charge in [0.15, 0.2) is 0 Å². The van der Waals surface area contributed by atoms with E-state index in [4.69, 9.17) is 9.97 Å². The zero-order valence-corrected chi connectivity index (χ0v) is 13.8. The largest absolute Gasteiger partial charge is 0.373 e. The Labute approximate surface area is 127 Å². The van der Waals surface area contributed by atoms with Crippen LogP contribution in [0.5, 0.6) is 0 Å². The minimum Gasteiger partial charge on any atom is -0.373 e. The van der Waals surface area contributed by atoms with Gasteiger partial charge in [0, 0.05) is 40.9 Å². The van der Waals surface area contributed by atoms with E-state index < -0.39 is 0 Å². The molecule has 3 heterocycles. The molecule has 1 N–H and O–H groups in total. The maximum absolute atomic E-state index is 4.88. The van der Waals surface area contributed by atoms with Gasteiger partial charge in [-0.15, -0.1) is 11.8 Å². The van der Waals surface area contributed by atoms with E-state index in [9.17, 15) is 0 Å². The highest BCUT2D eigenvalue weighted by molar-refractivity contribution is 8.06. The molecular weight excluding hydrogens is 294 g/mol. The molecule has 2 unspecified atom stereocenters. The summed E-state index contributed by atoms with van der Waals surface area (Å²) >= 11 is 6.06. The number of hydrogen-bond donors (Lipinski definition) is 1. The molecule has 3 nitrogen and oxygen atoms in total. The van der Waals surface area contributed by atoms with Crippen molar-refractivity contribution in [3.8, 4) is 0 Å². The molecule has 0 radical (unpaired) electrons. The van der Waals surface area contributed by atoms with E-state index in [1.165, 1.54) is 29.2 Å². The number of nitrogens with one attached hydrogen (secondary N) is 1. The summed E-state index contributed by atoms with van der Waals surface area (Å²) in [5.74, 6) is 6.68. The standard InChI is InChI=1S/C13H19N3S3/c1-3-10-11(19-5-4-18-10)13-15-9-7-17-6-8(9)12(14-2)16-13/h10-11H,3-7H2,1-2H3,(H,14,15,16). The third-order valence-electron chi connectivity index (χ3n) is 3.54. The van der Waals surface area contributed by atoms with Crippen molar-refractivity contribution < 1.29 is 0 Å². The molecule has 104 valence electrons. The fourth-order valence-corrected chi connectivity index (χ4v) is 6.58. The lowest BCUT2D eigenvalue weighted by Crippen LogP contribution is -2.21. The number of hydrogen-bond acceptors (Lipinski definition) is 6. The summed E-state index contributed by atoms with van der Waals surface area (Å²) in [6, 6.07) is 0. The van der Waals surface area contributed by atoms with Crippen molar-refractivity contribution in [3.63, 3.8) is 0 Å². The highest BCUT2D eigenvalue weighted by Gasteiger charge is 2.30. The van der Waals surface area contributed by atoms with Crippen LogP contribution in [0.15, 0.2) is 0 Å². The Balaban J connectivity index is 1.95. The quantitative estimate of drug-likeness (QED) is 0.919. The maximum atomic E-state index is 4.88. The Morgan fingerprint density at radius 2 is 2.05 bits per heavy atom. The van der Waals surface area contributed by atoms with Crippen molar-refractivity contribution in [1.82, 2.24) is 9.97 Å². The summed E-state index contributed by atoms with van der Waals surface area (Å²) in [6.45, 7) is 2.28. The van der Waals surface area contributed by atoms with Gasteiger partial charge in [0.1, 0.15) is 11.6 Å². The van der Waals surface area contributed by atoms with Gasteiger partial charge in [-0.05, 0) is 6.42 Å². The van der Waals surface area contributed by atoms with E-state index in [1.807, 2.05) is 30.6 Å². The Morgan fingerprint density at radius 1 is 1.21 bits per heavy atom. The number of fused-ring (bicyclic) bond motifs is 1. The molecule has 2 aliphatic rings. The van der Waals surface area contributed by atoms with Gasteiger partial charge in [0.05, 0.1) is 10.9 Å². The molecule has 2 atom stereocenters. The Kier molecular flexibility index (Phi) is 4.49. The zero-order chi connectivity index (χ0) is 13.2. The Morgan fingerprint density at radius 3 is 2.84 bits per heavy atom. The monoisotopic (exact) mass is 313 g/mol. The van der Waals surface area contributed by atoms with Crippen LogP contribution in [0.3, 0.4) is 0 Å². The predicted molar refractivity (Wildman–Crippen MR) is 88.3 cm³/mol. The summed E-state index contributed by atoms with van der Waals surface area (Å²) in [5.41, 5.74) is 2.57. The summed E-state index contributed by atoms with van der Waals surface area (Å²) in [4.78, 5) is 9.69. The normalized spacial score (nSPS) is 26.2. The SMILES string of the molecule is CCC1SCCSC1c1nc2c(c(NC)n1)CSC2. The number of thioether (sulfide) groups is 3. The highest BCUT2D eigenvalue weighted by Crippen LogP contribution is 2.44. The number of rotatable bonds is 3. The van der Waals surface area contributed by atoms with Crippen LogP contribution in [-0.2, 0) is 11.5 Å². The fraction of sp³-hybridized carbons (Fsp3) is 0.692. The molecule has 0 spiro atoms. The van der Waals surface area contributed by atoms with Crippen molar-refractivity contribution in [2.24, 2.45) is 0 Å². The van der Waals surface area contributed by atoms with Crippen molar-refractivity contribution in [3.05, 3.63) is 17.1 Å². The Hall–Kier alpha value is -0.0700. The van der Waals surface area contributed by atoms with Crippen LogP contribution in [0.25, 0.3) is 0 Å². The molecule has 1 fully saturated rings. The van der Waals surface area contributed by atoms with Crippen LogP contribution in [0, 0.1) is 0 Å². The average Bonchev–Trinajstić information content (AvgIpc) is 2.94. The lowest BCUT2D eigenvalue weighted by Gasteiger charge is -2.29. The van der Waals surface area contributed by atoms with E-state index >= 15 is 0 Å². The maximum Gasteiger partial charge on any atom is 0.145 e. The molecule has 0 bridgehead atoms. The van der Waals surface area contributed by atoms with E-state index in [0.717, 1.165) is 23.1 Å². The summed E-state index contributed by atoms with van der Waals surface area (Å²) in [7, 11) is 1.97. The van der Waals surface area contributed by atoms with Crippen LogP contribution in [0.4, 0.5) is 5.82 Å². The van der Waals surface area contributed by atoms with Gasteiger partial charge in [-0.25, -0.2) is 9.97 Å². The third-order valence-corrected chi connectivity index (χ3v) is 7.75. The van der Waals surface area contributed by atoms with Gasteiger partial charge in [0.25, 0.3) is 0 Å². The molecule has 19 heavy (non-hydrogen) atoms.